The van der Waals surface area contributed by atoms with Crippen LogP contribution in [0.2, 0.25) is 0 Å². The summed E-state index contributed by atoms with van der Waals surface area (Å²) in [6, 6.07) is 0. The van der Waals surface area contributed by atoms with Gasteiger partial charge in [0.15, 0.2) is 17.4 Å². The van der Waals surface area contributed by atoms with Crippen LogP contribution in [0.3, 0.4) is 0 Å². The van der Waals surface area contributed by atoms with Gasteiger partial charge in [-0.05, 0) is 0 Å². The van der Waals surface area contributed by atoms with Crippen LogP contribution in [-0.2, 0) is 9.78 Å². The van der Waals surface area contributed by atoms with Gasteiger partial charge in [-0.15, -0.1) is 9.78 Å². The van der Waals surface area contributed by atoms with Crippen LogP contribution in [0.15, 0.2) is 0 Å². The molecule has 0 aliphatic carbocycles. The average molecular weight is 116 g/mol. The number of aliphatic hydroxyl groups is 2. The molecule has 0 aromatic rings. The van der Waals surface area contributed by atoms with Crippen LogP contribution in [0.4, 0.5) is 0 Å². The van der Waals surface area contributed by atoms with Crippen LogP contribution in [0.5, 0.6) is 0 Å². The summed E-state index contributed by atoms with van der Waals surface area (Å²) in [6.45, 7) is 0. The molecule has 1 aliphatic heterocycles. The van der Waals surface area contributed by atoms with Crippen LogP contribution < -0.4 is 0 Å². The summed E-state index contributed by atoms with van der Waals surface area (Å²) in [6.07, 6.45) is -2.25. The normalized spacial score (nSPS) is 21.4. The summed E-state index contributed by atoms with van der Waals surface area (Å²) in [5.41, 5.74) is 0. The van der Waals surface area contributed by atoms with Crippen molar-refractivity contribution < 1.29 is 20.0 Å². The average Bonchev–Trinajstić information content (AvgIpc) is 1.76. The van der Waals surface area contributed by atoms with E-state index >= 15 is 0 Å². The molecular weight excluding hydrogens is 110 g/mol. The topological polar surface area (TPSA) is 65.5 Å². The predicted molar refractivity (Wildman–Crippen MR) is 26.4 cm³/mol. The zero-order valence-corrected chi connectivity index (χ0v) is 2.21. The van der Waals surface area contributed by atoms with E-state index < -0.39 is 6.16 Å². The molecule has 1 rings (SSSR count). The van der Waals surface area contributed by atoms with Crippen LogP contribution in [-0.4, -0.2) is 52.6 Å². The maximum absolute atomic E-state index is 7.74. The Hall–Kier alpha value is 0.970. The van der Waals surface area contributed by atoms with Crippen molar-refractivity contribution in [2.75, 3.05) is 0 Å². The van der Waals surface area contributed by atoms with Crippen LogP contribution in [0.25, 0.3) is 0 Å². The Kier molecular flexibility index (Phi) is 4.79. The molecule has 0 bridgehead atoms. The Balaban J connectivity index is 0. The van der Waals surface area contributed by atoms with Gasteiger partial charge in [-0.2, -0.15) is 0 Å². The van der Waals surface area contributed by atoms with Gasteiger partial charge < -0.3 is 10.2 Å². The van der Waals surface area contributed by atoms with Crippen LogP contribution in [0, 0.1) is 0 Å². The third-order valence-electron chi connectivity index (χ3n) is 0.232. The summed E-state index contributed by atoms with van der Waals surface area (Å²) in [5.74, 6) is 0. The predicted octanol–water partition coefficient (Wildman–Crippen LogP) is -3.29. The Morgan fingerprint density at radius 1 is 1.14 bits per heavy atom. The standard InChI is InChI=1S/CH2O4.Al.Li.4H/c2-1(3)4-5-1;;;;;;/h2-3H;;;;;;. The van der Waals surface area contributed by atoms with E-state index in [1.54, 1.807) is 0 Å². The summed E-state index contributed by atoms with van der Waals surface area (Å²) < 4.78 is 0. The van der Waals surface area contributed by atoms with Crippen molar-refractivity contribution in [2.24, 2.45) is 0 Å². The molecule has 38 valence electrons. The quantitative estimate of drug-likeness (QED) is 0.151. The minimum absolute atomic E-state index is 0. The molecule has 1 aliphatic rings. The van der Waals surface area contributed by atoms with E-state index in [1.165, 1.54) is 0 Å². The zero-order valence-electron chi connectivity index (χ0n) is 2.21. The molecule has 0 spiro atoms. The third kappa shape index (κ3) is 4.83. The first-order valence-corrected chi connectivity index (χ1v) is 1.02. The number of hydrogen-bond acceptors (Lipinski definition) is 4. The minimum atomic E-state index is -2.25. The summed E-state index contributed by atoms with van der Waals surface area (Å²) >= 11 is 0. The molecule has 1 heterocycles. The molecule has 0 aromatic carbocycles. The molecule has 2 N–H and O–H groups in total. The van der Waals surface area contributed by atoms with Crippen molar-refractivity contribution >= 4 is 36.2 Å². The van der Waals surface area contributed by atoms with Gasteiger partial charge in [0.2, 0.25) is 0 Å². The molecule has 4 nitrogen and oxygen atoms in total. The van der Waals surface area contributed by atoms with E-state index in [1.807, 2.05) is 0 Å². The molecule has 1 fully saturated rings. The Morgan fingerprint density at radius 2 is 1.29 bits per heavy atom. The molecular formula is CH6AlLiO4. The molecule has 0 atom stereocenters. The van der Waals surface area contributed by atoms with E-state index in [2.05, 4.69) is 9.78 Å². The second-order valence-electron chi connectivity index (χ2n) is 0.715. The van der Waals surface area contributed by atoms with Crippen molar-refractivity contribution in [1.82, 2.24) is 0 Å². The van der Waals surface area contributed by atoms with Gasteiger partial charge in [0.05, 0.1) is 0 Å². The third-order valence-corrected chi connectivity index (χ3v) is 0.232. The Morgan fingerprint density at radius 3 is 1.29 bits per heavy atom. The summed E-state index contributed by atoms with van der Waals surface area (Å²) in [4.78, 5) is 7.01. The molecule has 1 saturated heterocycles. The Bertz CT molecular complexity index is 49.7. The van der Waals surface area contributed by atoms with Gasteiger partial charge >= 0.3 is 25.0 Å². The van der Waals surface area contributed by atoms with Crippen molar-refractivity contribution in [3.05, 3.63) is 0 Å². The van der Waals surface area contributed by atoms with Gasteiger partial charge in [0, 0.05) is 0 Å². The first-order valence-electron chi connectivity index (χ1n) is 1.02. The van der Waals surface area contributed by atoms with Gasteiger partial charge in [-0.3, -0.25) is 0 Å². The summed E-state index contributed by atoms with van der Waals surface area (Å²) in [5, 5.41) is 15.5. The second kappa shape index (κ2) is 3.09. The maximum atomic E-state index is 7.74. The van der Waals surface area contributed by atoms with Crippen LogP contribution in [0.1, 0.15) is 0 Å². The monoisotopic (exact) mass is 116 g/mol. The van der Waals surface area contributed by atoms with Crippen LogP contribution >= 0.6 is 0 Å². The van der Waals surface area contributed by atoms with E-state index in [-0.39, 0.29) is 36.2 Å². The summed E-state index contributed by atoms with van der Waals surface area (Å²) in [7, 11) is 0. The van der Waals surface area contributed by atoms with Gasteiger partial charge in [0.25, 0.3) is 0 Å². The molecule has 0 radical (unpaired) electrons. The number of rotatable bonds is 0. The zero-order chi connectivity index (χ0) is 3.91. The Labute approximate surface area is 62.6 Å². The molecule has 0 aromatic heterocycles. The fourth-order valence-corrected chi connectivity index (χ4v) is 0.0373. The van der Waals surface area contributed by atoms with Gasteiger partial charge in [0.1, 0.15) is 0 Å². The van der Waals surface area contributed by atoms with Crippen molar-refractivity contribution in [1.29, 1.82) is 0 Å². The van der Waals surface area contributed by atoms with Gasteiger partial charge in [-0.1, -0.05) is 0 Å². The first kappa shape index (κ1) is 10.9. The van der Waals surface area contributed by atoms with E-state index in [0.717, 1.165) is 0 Å². The fourth-order valence-electron chi connectivity index (χ4n) is 0.0373. The van der Waals surface area contributed by atoms with Crippen molar-refractivity contribution in [2.45, 2.75) is 6.16 Å². The second-order valence-corrected chi connectivity index (χ2v) is 0.715. The molecule has 6 heteroatoms. The van der Waals surface area contributed by atoms with Crippen molar-refractivity contribution in [3.8, 4) is 0 Å². The van der Waals surface area contributed by atoms with E-state index in [9.17, 15) is 0 Å². The van der Waals surface area contributed by atoms with E-state index in [4.69, 9.17) is 10.2 Å². The SMILES string of the molecule is OC1(O)OO1.[AlH3].[LiH]. The molecule has 0 saturated carbocycles. The van der Waals surface area contributed by atoms with Crippen molar-refractivity contribution in [3.63, 3.8) is 0 Å². The first-order chi connectivity index (χ1) is 2.21. The van der Waals surface area contributed by atoms with Gasteiger partial charge in [-0.25, -0.2) is 0 Å². The number of hydrogen-bond donors (Lipinski definition) is 2. The van der Waals surface area contributed by atoms with E-state index in [0.29, 0.717) is 0 Å². The fraction of sp³-hybridized carbons (Fsp3) is 1.00. The molecule has 0 amide bonds. The molecule has 0 unspecified atom stereocenters. The molecule has 7 heavy (non-hydrogen) atoms.